The second kappa shape index (κ2) is 6.01. The summed E-state index contributed by atoms with van der Waals surface area (Å²) < 4.78 is 0.322. The van der Waals surface area contributed by atoms with E-state index in [0.29, 0.717) is 10.7 Å². The van der Waals surface area contributed by atoms with Gasteiger partial charge in [-0.25, -0.2) is 4.98 Å². The number of nitrogens with zero attached hydrogens (tertiary/aromatic N) is 2. The van der Waals surface area contributed by atoms with Crippen molar-refractivity contribution in [3.8, 4) is 11.3 Å². The fraction of sp³-hybridized carbons (Fsp3) is 0.438. The largest absolute Gasteiger partial charge is 0.269 e. The van der Waals surface area contributed by atoms with Crippen LogP contribution in [0.3, 0.4) is 0 Å². The van der Waals surface area contributed by atoms with Gasteiger partial charge in [-0.05, 0) is 30.7 Å². The highest BCUT2D eigenvalue weighted by molar-refractivity contribution is 8.00. The lowest BCUT2D eigenvalue weighted by Crippen LogP contribution is -2.24. The Hall–Kier alpha value is -1.40. The fourth-order valence-electron chi connectivity index (χ4n) is 2.80. The summed E-state index contributed by atoms with van der Waals surface area (Å²) in [5.41, 5.74) is 1.98. The molecule has 1 aromatic heterocycles. The van der Waals surface area contributed by atoms with Crippen molar-refractivity contribution in [2.75, 3.05) is 5.75 Å². The van der Waals surface area contributed by atoms with E-state index >= 15 is 0 Å². The molecule has 1 fully saturated rings. The molecule has 0 spiro atoms. The van der Waals surface area contributed by atoms with Crippen LogP contribution in [0, 0.1) is 10.1 Å². The first-order chi connectivity index (χ1) is 10.4. The molecule has 116 valence electrons. The number of nitro groups is 1. The van der Waals surface area contributed by atoms with Crippen molar-refractivity contribution in [1.29, 1.82) is 0 Å². The number of benzene rings is 1. The first kappa shape index (κ1) is 15.5. The van der Waals surface area contributed by atoms with E-state index in [1.807, 2.05) is 11.8 Å². The van der Waals surface area contributed by atoms with E-state index in [1.165, 1.54) is 29.3 Å². The van der Waals surface area contributed by atoms with Gasteiger partial charge in [0.15, 0.2) is 0 Å². The number of non-ortho nitro benzene ring substituents is 1. The standard InChI is InChI=1S/C16H18N2O2S2/c1-16(2)9-12(7-8-22-16)15-17-14(10-21-15)11-3-5-13(6-4-11)18(19)20/h3-6,10,12H,7-9H2,1-2H3/t12-/m0/s1. The monoisotopic (exact) mass is 334 g/mol. The second-order valence-electron chi connectivity index (χ2n) is 6.17. The Balaban J connectivity index is 1.80. The summed E-state index contributed by atoms with van der Waals surface area (Å²) in [5, 5.41) is 14.0. The maximum Gasteiger partial charge on any atom is 0.269 e. The Morgan fingerprint density at radius 3 is 2.68 bits per heavy atom. The normalized spacial score (nSPS) is 20.7. The van der Waals surface area contributed by atoms with Crippen LogP contribution >= 0.6 is 23.1 Å². The molecule has 22 heavy (non-hydrogen) atoms. The summed E-state index contributed by atoms with van der Waals surface area (Å²) in [6, 6.07) is 6.62. The summed E-state index contributed by atoms with van der Waals surface area (Å²) in [7, 11) is 0. The molecule has 0 saturated carbocycles. The molecule has 0 radical (unpaired) electrons. The highest BCUT2D eigenvalue weighted by Gasteiger charge is 2.31. The molecule has 1 aliphatic rings. The average Bonchev–Trinajstić information content (AvgIpc) is 2.96. The van der Waals surface area contributed by atoms with Crippen LogP contribution in [0.1, 0.15) is 37.6 Å². The van der Waals surface area contributed by atoms with Gasteiger partial charge in [0, 0.05) is 33.7 Å². The fourth-order valence-corrected chi connectivity index (χ4v) is 5.04. The predicted molar refractivity (Wildman–Crippen MR) is 92.7 cm³/mol. The van der Waals surface area contributed by atoms with Crippen LogP contribution in [0.5, 0.6) is 0 Å². The van der Waals surface area contributed by atoms with Crippen LogP contribution in [0.2, 0.25) is 0 Å². The van der Waals surface area contributed by atoms with Gasteiger partial charge in [-0.1, -0.05) is 13.8 Å². The van der Waals surface area contributed by atoms with Gasteiger partial charge < -0.3 is 0 Å². The van der Waals surface area contributed by atoms with Gasteiger partial charge in [0.05, 0.1) is 15.6 Å². The molecule has 0 N–H and O–H groups in total. The van der Waals surface area contributed by atoms with Gasteiger partial charge in [0.2, 0.25) is 0 Å². The maximum absolute atomic E-state index is 10.7. The highest BCUT2D eigenvalue weighted by atomic mass is 32.2. The lowest BCUT2D eigenvalue weighted by atomic mass is 9.94. The Morgan fingerprint density at radius 2 is 2.05 bits per heavy atom. The number of thiazole rings is 1. The van der Waals surface area contributed by atoms with E-state index in [2.05, 4.69) is 19.2 Å². The Bertz CT molecular complexity index is 680. The number of thioether (sulfide) groups is 1. The molecule has 2 aromatic rings. The summed E-state index contributed by atoms with van der Waals surface area (Å²) >= 11 is 3.75. The van der Waals surface area contributed by atoms with Gasteiger partial charge in [0.1, 0.15) is 0 Å². The van der Waals surface area contributed by atoms with Crippen LogP contribution in [0.4, 0.5) is 5.69 Å². The zero-order valence-electron chi connectivity index (χ0n) is 12.6. The van der Waals surface area contributed by atoms with Crippen LogP contribution < -0.4 is 0 Å². The van der Waals surface area contributed by atoms with Crippen molar-refractivity contribution in [3.05, 3.63) is 44.8 Å². The third kappa shape index (κ3) is 3.33. The lowest BCUT2D eigenvalue weighted by Gasteiger charge is -2.33. The number of hydrogen-bond acceptors (Lipinski definition) is 5. The van der Waals surface area contributed by atoms with E-state index in [1.54, 1.807) is 23.5 Å². The maximum atomic E-state index is 10.7. The molecular weight excluding hydrogens is 316 g/mol. The molecule has 0 unspecified atom stereocenters. The number of aromatic nitrogens is 1. The van der Waals surface area contributed by atoms with E-state index in [0.717, 1.165) is 17.7 Å². The van der Waals surface area contributed by atoms with Gasteiger partial charge in [0.25, 0.3) is 5.69 Å². The highest BCUT2D eigenvalue weighted by Crippen LogP contribution is 2.44. The molecule has 1 aromatic carbocycles. The molecule has 2 heterocycles. The summed E-state index contributed by atoms with van der Waals surface area (Å²) in [6.07, 6.45) is 2.34. The number of rotatable bonds is 3. The Labute approximate surface area is 138 Å². The van der Waals surface area contributed by atoms with Gasteiger partial charge in [-0.15, -0.1) is 11.3 Å². The van der Waals surface area contributed by atoms with E-state index < -0.39 is 0 Å². The zero-order chi connectivity index (χ0) is 15.7. The minimum atomic E-state index is -0.377. The van der Waals surface area contributed by atoms with Crippen molar-refractivity contribution in [3.63, 3.8) is 0 Å². The molecule has 0 amide bonds. The quantitative estimate of drug-likeness (QED) is 0.578. The molecule has 1 aliphatic heterocycles. The van der Waals surface area contributed by atoms with E-state index in [9.17, 15) is 10.1 Å². The van der Waals surface area contributed by atoms with Crippen LogP contribution in [-0.2, 0) is 0 Å². The number of nitro benzene ring substituents is 1. The third-order valence-corrected chi connectivity index (χ3v) is 6.34. The Kier molecular flexibility index (Phi) is 4.23. The molecule has 6 heteroatoms. The smallest absolute Gasteiger partial charge is 0.258 e. The SMILES string of the molecule is CC1(C)C[C@@H](c2nc(-c3ccc([N+](=O)[O-])cc3)cs2)CCS1. The average molecular weight is 334 g/mol. The van der Waals surface area contributed by atoms with Crippen LogP contribution in [-0.4, -0.2) is 20.4 Å². The van der Waals surface area contributed by atoms with Crippen molar-refractivity contribution in [1.82, 2.24) is 4.98 Å². The lowest BCUT2D eigenvalue weighted by molar-refractivity contribution is -0.384. The first-order valence-electron chi connectivity index (χ1n) is 7.29. The first-order valence-corrected chi connectivity index (χ1v) is 9.15. The number of hydrogen-bond donors (Lipinski definition) is 0. The van der Waals surface area contributed by atoms with Gasteiger partial charge in [-0.2, -0.15) is 11.8 Å². The molecule has 0 bridgehead atoms. The molecular formula is C16H18N2O2S2. The van der Waals surface area contributed by atoms with Crippen molar-refractivity contribution >= 4 is 28.8 Å². The van der Waals surface area contributed by atoms with Crippen molar-refractivity contribution in [2.45, 2.75) is 37.4 Å². The van der Waals surface area contributed by atoms with Gasteiger partial charge >= 0.3 is 0 Å². The molecule has 4 nitrogen and oxygen atoms in total. The second-order valence-corrected chi connectivity index (χ2v) is 8.86. The molecule has 1 atom stereocenters. The summed E-state index contributed by atoms with van der Waals surface area (Å²) in [4.78, 5) is 15.1. The zero-order valence-corrected chi connectivity index (χ0v) is 14.2. The molecule has 1 saturated heterocycles. The van der Waals surface area contributed by atoms with Crippen molar-refractivity contribution < 1.29 is 4.92 Å². The topological polar surface area (TPSA) is 56.0 Å². The molecule has 3 rings (SSSR count). The third-order valence-electron chi connectivity index (χ3n) is 3.94. The minimum absolute atomic E-state index is 0.116. The Morgan fingerprint density at radius 1 is 1.32 bits per heavy atom. The summed E-state index contributed by atoms with van der Waals surface area (Å²) in [5.74, 6) is 1.72. The predicted octanol–water partition coefficient (Wildman–Crippen LogP) is 5.11. The van der Waals surface area contributed by atoms with Crippen LogP contribution in [0.25, 0.3) is 11.3 Å². The van der Waals surface area contributed by atoms with Crippen molar-refractivity contribution in [2.24, 2.45) is 0 Å². The van der Waals surface area contributed by atoms with E-state index in [-0.39, 0.29) is 10.6 Å². The minimum Gasteiger partial charge on any atom is -0.258 e. The molecule has 0 aliphatic carbocycles. The van der Waals surface area contributed by atoms with Gasteiger partial charge in [-0.3, -0.25) is 10.1 Å². The van der Waals surface area contributed by atoms with E-state index in [4.69, 9.17) is 4.98 Å². The summed E-state index contributed by atoms with van der Waals surface area (Å²) in [6.45, 7) is 4.60. The van der Waals surface area contributed by atoms with Crippen LogP contribution in [0.15, 0.2) is 29.6 Å².